The third-order valence-corrected chi connectivity index (χ3v) is 3.25. The number of rotatable bonds is 4. The van der Waals surface area contributed by atoms with Crippen molar-refractivity contribution >= 4 is 17.3 Å². The summed E-state index contributed by atoms with van der Waals surface area (Å²) in [6.07, 6.45) is 4.31. The number of thiocarbonyl (C=S) groups is 1. The Morgan fingerprint density at radius 1 is 1.16 bits per heavy atom. The van der Waals surface area contributed by atoms with E-state index in [2.05, 4.69) is 4.98 Å². The van der Waals surface area contributed by atoms with E-state index < -0.39 is 0 Å². The molecular weight excluding hydrogens is 258 g/mol. The second kappa shape index (κ2) is 6.29. The molecule has 0 bridgehead atoms. The molecule has 2 aromatic rings. The minimum absolute atomic E-state index is 0.492. The summed E-state index contributed by atoms with van der Waals surface area (Å²) < 4.78 is 10.3. The Labute approximate surface area is 118 Å². The summed E-state index contributed by atoms with van der Waals surface area (Å²) in [6, 6.07) is 9.83. The van der Waals surface area contributed by atoms with Crippen LogP contribution >= 0.6 is 12.2 Å². The van der Waals surface area contributed by atoms with Crippen LogP contribution in [0.15, 0.2) is 42.7 Å². The van der Waals surface area contributed by atoms with Gasteiger partial charge in [-0.15, -0.1) is 0 Å². The summed E-state index contributed by atoms with van der Waals surface area (Å²) in [5.74, 6) is 0.850. The fraction of sp³-hybridized carbons (Fsp3) is 0.200. The van der Waals surface area contributed by atoms with Gasteiger partial charge in [-0.2, -0.15) is 0 Å². The molecule has 4 heteroatoms. The average molecular weight is 273 g/mol. The molecule has 0 saturated heterocycles. The Morgan fingerprint density at radius 3 is 2.53 bits per heavy atom. The van der Waals surface area contributed by atoms with Crippen molar-refractivity contribution in [3.8, 4) is 5.75 Å². The monoisotopic (exact) mass is 273 g/mol. The third kappa shape index (κ3) is 3.29. The Hall–Kier alpha value is -1.94. The zero-order chi connectivity index (χ0) is 13.7. The Balaban J connectivity index is 2.25. The highest BCUT2D eigenvalue weighted by molar-refractivity contribution is 7.80. The van der Waals surface area contributed by atoms with E-state index in [-0.39, 0.29) is 0 Å². The number of hydrogen-bond donors (Lipinski definition) is 0. The van der Waals surface area contributed by atoms with E-state index in [9.17, 15) is 0 Å². The molecule has 3 nitrogen and oxygen atoms in total. The highest BCUT2D eigenvalue weighted by Crippen LogP contribution is 2.17. The molecular formula is C15H15NO2S. The van der Waals surface area contributed by atoms with Crippen LogP contribution in [0.4, 0.5) is 0 Å². The Bertz CT molecular complexity index is 567. The highest BCUT2D eigenvalue weighted by Gasteiger charge is 2.08. The van der Waals surface area contributed by atoms with Crippen molar-refractivity contribution in [2.24, 2.45) is 0 Å². The van der Waals surface area contributed by atoms with Gasteiger partial charge in [0.05, 0.1) is 14.2 Å². The quantitative estimate of drug-likeness (QED) is 0.801. The molecule has 0 radical (unpaired) electrons. The van der Waals surface area contributed by atoms with Crippen LogP contribution in [-0.2, 0) is 11.2 Å². The van der Waals surface area contributed by atoms with Gasteiger partial charge in [0.1, 0.15) is 5.75 Å². The molecule has 0 amide bonds. The van der Waals surface area contributed by atoms with Gasteiger partial charge in [0.25, 0.3) is 0 Å². The van der Waals surface area contributed by atoms with E-state index in [1.165, 1.54) is 5.56 Å². The molecule has 0 unspecified atom stereocenters. The van der Waals surface area contributed by atoms with Crippen LogP contribution in [-0.4, -0.2) is 24.3 Å². The SMILES string of the molecule is COC(=S)c1ccncc1Cc1ccc(OC)cc1. The first kappa shape index (κ1) is 13.5. The molecule has 0 N–H and O–H groups in total. The number of benzene rings is 1. The first-order valence-corrected chi connectivity index (χ1v) is 6.29. The summed E-state index contributed by atoms with van der Waals surface area (Å²) in [6.45, 7) is 0. The van der Waals surface area contributed by atoms with Gasteiger partial charge in [-0.1, -0.05) is 12.1 Å². The third-order valence-electron chi connectivity index (χ3n) is 2.86. The molecule has 1 heterocycles. The fourth-order valence-corrected chi connectivity index (χ4v) is 2.04. The summed E-state index contributed by atoms with van der Waals surface area (Å²) in [5, 5.41) is 0.492. The second-order valence-electron chi connectivity index (χ2n) is 4.05. The van der Waals surface area contributed by atoms with E-state index in [1.807, 2.05) is 36.5 Å². The second-order valence-corrected chi connectivity index (χ2v) is 4.42. The van der Waals surface area contributed by atoms with E-state index in [4.69, 9.17) is 21.7 Å². The predicted octanol–water partition coefficient (Wildman–Crippen LogP) is 3.00. The lowest BCUT2D eigenvalue weighted by Crippen LogP contribution is -2.05. The zero-order valence-electron chi connectivity index (χ0n) is 10.9. The van der Waals surface area contributed by atoms with Crippen molar-refractivity contribution in [3.05, 3.63) is 59.4 Å². The molecule has 0 atom stereocenters. The highest BCUT2D eigenvalue weighted by atomic mass is 32.1. The topological polar surface area (TPSA) is 31.4 Å². The lowest BCUT2D eigenvalue weighted by atomic mass is 10.0. The molecule has 0 saturated carbocycles. The Morgan fingerprint density at radius 2 is 1.89 bits per heavy atom. The Kier molecular flexibility index (Phi) is 4.47. The van der Waals surface area contributed by atoms with Crippen molar-refractivity contribution in [3.63, 3.8) is 0 Å². The van der Waals surface area contributed by atoms with Gasteiger partial charge >= 0.3 is 0 Å². The number of ether oxygens (including phenoxy) is 2. The fourth-order valence-electron chi connectivity index (χ4n) is 1.84. The maximum absolute atomic E-state index is 5.20. The molecule has 19 heavy (non-hydrogen) atoms. The normalized spacial score (nSPS) is 10.0. The van der Waals surface area contributed by atoms with Crippen LogP contribution in [0, 0.1) is 0 Å². The van der Waals surface area contributed by atoms with Gasteiger partial charge in [-0.05, 0) is 48.0 Å². The minimum Gasteiger partial charge on any atom is -0.497 e. The van der Waals surface area contributed by atoms with Gasteiger partial charge in [0, 0.05) is 18.0 Å². The summed E-state index contributed by atoms with van der Waals surface area (Å²) in [5.41, 5.74) is 3.15. The molecule has 98 valence electrons. The smallest absolute Gasteiger partial charge is 0.191 e. The largest absolute Gasteiger partial charge is 0.497 e. The van der Waals surface area contributed by atoms with Gasteiger partial charge in [0.15, 0.2) is 5.05 Å². The summed E-state index contributed by atoms with van der Waals surface area (Å²) in [4.78, 5) is 4.15. The van der Waals surface area contributed by atoms with Gasteiger partial charge < -0.3 is 9.47 Å². The van der Waals surface area contributed by atoms with E-state index in [0.717, 1.165) is 23.3 Å². The number of hydrogen-bond acceptors (Lipinski definition) is 4. The van der Waals surface area contributed by atoms with Crippen LogP contribution < -0.4 is 4.74 Å². The number of nitrogens with zero attached hydrogens (tertiary/aromatic N) is 1. The van der Waals surface area contributed by atoms with Crippen molar-refractivity contribution in [2.45, 2.75) is 6.42 Å². The predicted molar refractivity (Wildman–Crippen MR) is 78.7 cm³/mol. The maximum atomic E-state index is 5.20. The zero-order valence-corrected chi connectivity index (χ0v) is 11.7. The first-order valence-electron chi connectivity index (χ1n) is 5.88. The maximum Gasteiger partial charge on any atom is 0.191 e. The average Bonchev–Trinajstić information content (AvgIpc) is 2.48. The van der Waals surface area contributed by atoms with E-state index >= 15 is 0 Å². The van der Waals surface area contributed by atoms with Crippen LogP contribution in [0.3, 0.4) is 0 Å². The molecule has 0 aliphatic heterocycles. The number of pyridine rings is 1. The molecule has 0 aliphatic carbocycles. The minimum atomic E-state index is 0.492. The lowest BCUT2D eigenvalue weighted by molar-refractivity contribution is 0.414. The van der Waals surface area contributed by atoms with Gasteiger partial charge in [-0.25, -0.2) is 0 Å². The van der Waals surface area contributed by atoms with E-state index in [1.54, 1.807) is 20.4 Å². The van der Waals surface area contributed by atoms with Gasteiger partial charge in [0.2, 0.25) is 0 Å². The molecule has 0 aliphatic rings. The van der Waals surface area contributed by atoms with Crippen LogP contribution in [0.2, 0.25) is 0 Å². The van der Waals surface area contributed by atoms with Crippen molar-refractivity contribution < 1.29 is 9.47 Å². The molecule has 0 spiro atoms. The lowest BCUT2D eigenvalue weighted by Gasteiger charge is -2.09. The summed E-state index contributed by atoms with van der Waals surface area (Å²) in [7, 11) is 3.24. The van der Waals surface area contributed by atoms with Crippen LogP contribution in [0.1, 0.15) is 16.7 Å². The molecule has 1 aromatic carbocycles. The van der Waals surface area contributed by atoms with Gasteiger partial charge in [-0.3, -0.25) is 4.98 Å². The van der Waals surface area contributed by atoms with E-state index in [0.29, 0.717) is 5.05 Å². The molecule has 0 fully saturated rings. The van der Waals surface area contributed by atoms with Crippen molar-refractivity contribution in [1.82, 2.24) is 4.98 Å². The summed E-state index contributed by atoms with van der Waals surface area (Å²) >= 11 is 5.20. The number of aromatic nitrogens is 1. The number of methoxy groups -OCH3 is 2. The first-order chi connectivity index (χ1) is 9.24. The standard InChI is InChI=1S/C15H15NO2S/c1-17-13-5-3-11(4-6-13)9-12-10-16-8-7-14(12)15(19)18-2/h3-8,10H,9H2,1-2H3. The van der Waals surface area contributed by atoms with Crippen molar-refractivity contribution in [1.29, 1.82) is 0 Å². The van der Waals surface area contributed by atoms with Crippen LogP contribution in [0.25, 0.3) is 0 Å². The van der Waals surface area contributed by atoms with Crippen LogP contribution in [0.5, 0.6) is 5.75 Å². The van der Waals surface area contributed by atoms with Crippen molar-refractivity contribution in [2.75, 3.05) is 14.2 Å². The molecule has 2 rings (SSSR count). The molecule has 1 aromatic heterocycles.